The van der Waals surface area contributed by atoms with Gasteiger partial charge in [0.05, 0.1) is 6.61 Å². The third-order valence-corrected chi connectivity index (χ3v) is 5.06. The predicted octanol–water partition coefficient (Wildman–Crippen LogP) is 2.67. The molecule has 1 aromatic rings. The van der Waals surface area contributed by atoms with Crippen molar-refractivity contribution in [1.29, 1.82) is 0 Å². The van der Waals surface area contributed by atoms with Crippen LogP contribution in [-0.2, 0) is 20.8 Å². The van der Waals surface area contributed by atoms with Gasteiger partial charge in [-0.25, -0.2) is 4.79 Å². The van der Waals surface area contributed by atoms with Crippen LogP contribution in [0.15, 0.2) is 24.3 Å². The molecule has 2 amide bonds. The minimum absolute atomic E-state index is 0.153. The zero-order chi connectivity index (χ0) is 21.2. The van der Waals surface area contributed by atoms with Gasteiger partial charge in [-0.2, -0.15) is 0 Å². The summed E-state index contributed by atoms with van der Waals surface area (Å²) in [6.07, 6.45) is 5.24. The second-order valence-electron chi connectivity index (χ2n) is 7.90. The molecule has 2 bridgehead atoms. The molecule has 160 valence electrons. The molecule has 0 spiro atoms. The van der Waals surface area contributed by atoms with E-state index < -0.39 is 24.0 Å². The first-order valence-electron chi connectivity index (χ1n) is 10.4. The Kier molecular flexibility index (Phi) is 8.96. The van der Waals surface area contributed by atoms with Gasteiger partial charge < -0.3 is 20.5 Å². The monoisotopic (exact) mass is 404 g/mol. The van der Waals surface area contributed by atoms with Gasteiger partial charge in [-0.15, -0.1) is 0 Å². The van der Waals surface area contributed by atoms with Gasteiger partial charge in [0.1, 0.15) is 17.8 Å². The first-order chi connectivity index (χ1) is 13.9. The highest BCUT2D eigenvalue weighted by molar-refractivity contribution is 5.90. The van der Waals surface area contributed by atoms with Crippen LogP contribution in [0, 0.1) is 5.92 Å². The van der Waals surface area contributed by atoms with E-state index >= 15 is 0 Å². The molecule has 0 saturated heterocycles. The molecule has 1 aromatic carbocycles. The van der Waals surface area contributed by atoms with Gasteiger partial charge in [0.15, 0.2) is 0 Å². The Bertz CT molecular complexity index is 687. The highest BCUT2D eigenvalue weighted by atomic mass is 16.5. The number of aliphatic carboxylic acids is 1. The maximum Gasteiger partial charge on any atom is 0.326 e. The fourth-order valence-electron chi connectivity index (χ4n) is 3.31. The Labute approximate surface area is 172 Å². The van der Waals surface area contributed by atoms with Gasteiger partial charge in [-0.05, 0) is 36.5 Å². The van der Waals surface area contributed by atoms with Crippen molar-refractivity contribution in [2.45, 2.75) is 70.9 Å². The lowest BCUT2D eigenvalue weighted by molar-refractivity contribution is -0.142. The number of ether oxygens (including phenoxy) is 1. The fraction of sp³-hybridized carbons (Fsp3) is 0.591. The first kappa shape index (κ1) is 22.7. The van der Waals surface area contributed by atoms with Crippen LogP contribution in [0.4, 0.5) is 0 Å². The van der Waals surface area contributed by atoms with Crippen molar-refractivity contribution >= 4 is 17.8 Å². The molecule has 0 aromatic heterocycles. The van der Waals surface area contributed by atoms with E-state index in [9.17, 15) is 19.5 Å². The molecule has 29 heavy (non-hydrogen) atoms. The maximum atomic E-state index is 12.7. The molecule has 0 unspecified atom stereocenters. The topological polar surface area (TPSA) is 105 Å². The molecule has 3 N–H and O–H groups in total. The van der Waals surface area contributed by atoms with E-state index in [4.69, 9.17) is 4.74 Å². The van der Waals surface area contributed by atoms with E-state index in [1.807, 2.05) is 38.1 Å². The third kappa shape index (κ3) is 7.75. The van der Waals surface area contributed by atoms with Crippen LogP contribution in [0.1, 0.15) is 57.9 Å². The van der Waals surface area contributed by atoms with Crippen LogP contribution < -0.4 is 15.4 Å². The molecule has 0 aliphatic carbocycles. The summed E-state index contributed by atoms with van der Waals surface area (Å²) in [6.45, 7) is 4.28. The Morgan fingerprint density at radius 1 is 1.03 bits per heavy atom. The average Bonchev–Trinajstić information content (AvgIpc) is 2.67. The number of carbonyl (C=O) groups is 3. The molecule has 2 atom stereocenters. The molecule has 0 saturated carbocycles. The van der Waals surface area contributed by atoms with Crippen LogP contribution in [-0.4, -0.2) is 41.6 Å². The summed E-state index contributed by atoms with van der Waals surface area (Å²) in [6, 6.07) is 5.43. The Morgan fingerprint density at radius 2 is 1.69 bits per heavy atom. The summed E-state index contributed by atoms with van der Waals surface area (Å²) < 4.78 is 5.72. The molecule has 2 aliphatic rings. The van der Waals surface area contributed by atoms with Crippen molar-refractivity contribution in [1.82, 2.24) is 10.6 Å². The number of nitrogens with one attached hydrogen (secondary N) is 2. The third-order valence-electron chi connectivity index (χ3n) is 5.06. The van der Waals surface area contributed by atoms with E-state index in [0.717, 1.165) is 43.4 Å². The average molecular weight is 405 g/mol. The number of benzene rings is 1. The zero-order valence-corrected chi connectivity index (χ0v) is 17.3. The number of amides is 2. The molecular weight excluding hydrogens is 372 g/mol. The highest BCUT2D eigenvalue weighted by Crippen LogP contribution is 2.15. The number of hydrogen-bond acceptors (Lipinski definition) is 4. The van der Waals surface area contributed by atoms with Crippen LogP contribution in [0.25, 0.3) is 0 Å². The summed E-state index contributed by atoms with van der Waals surface area (Å²) in [5, 5.41) is 14.9. The van der Waals surface area contributed by atoms with E-state index in [1.165, 1.54) is 0 Å². The van der Waals surface area contributed by atoms with Crippen molar-refractivity contribution < 1.29 is 24.2 Å². The molecule has 0 fully saturated rings. The van der Waals surface area contributed by atoms with Crippen molar-refractivity contribution in [2.75, 3.05) is 6.61 Å². The Hall–Kier alpha value is -2.57. The minimum Gasteiger partial charge on any atom is -0.494 e. The molecule has 3 rings (SSSR count). The largest absolute Gasteiger partial charge is 0.494 e. The van der Waals surface area contributed by atoms with Gasteiger partial charge in [0, 0.05) is 12.8 Å². The zero-order valence-electron chi connectivity index (χ0n) is 17.3. The van der Waals surface area contributed by atoms with Crippen LogP contribution in [0.3, 0.4) is 0 Å². The van der Waals surface area contributed by atoms with Crippen molar-refractivity contribution in [2.24, 2.45) is 5.92 Å². The van der Waals surface area contributed by atoms with Crippen molar-refractivity contribution in [3.63, 3.8) is 0 Å². The van der Waals surface area contributed by atoms with Gasteiger partial charge in [0.2, 0.25) is 11.8 Å². The van der Waals surface area contributed by atoms with Gasteiger partial charge in [-0.3, -0.25) is 9.59 Å². The summed E-state index contributed by atoms with van der Waals surface area (Å²) >= 11 is 0. The number of carboxylic acids is 1. The van der Waals surface area contributed by atoms with E-state index in [1.54, 1.807) is 0 Å². The van der Waals surface area contributed by atoms with Crippen LogP contribution in [0.2, 0.25) is 0 Å². The molecule has 0 radical (unpaired) electrons. The Balaban J connectivity index is 2.16. The molecule has 2 heterocycles. The van der Waals surface area contributed by atoms with Crippen molar-refractivity contribution in [3.05, 3.63) is 29.8 Å². The quantitative estimate of drug-likeness (QED) is 0.703. The summed E-state index contributed by atoms with van der Waals surface area (Å²) in [5.74, 6) is -1.17. The summed E-state index contributed by atoms with van der Waals surface area (Å²) in [7, 11) is 0. The number of fused-ring (bicyclic) bond motifs is 16. The minimum atomic E-state index is -1.11. The van der Waals surface area contributed by atoms with Crippen LogP contribution in [0.5, 0.6) is 5.75 Å². The van der Waals surface area contributed by atoms with Gasteiger partial charge >= 0.3 is 5.97 Å². The second-order valence-corrected chi connectivity index (χ2v) is 7.90. The first-order valence-corrected chi connectivity index (χ1v) is 10.4. The molecule has 7 heteroatoms. The number of carbonyl (C=O) groups excluding carboxylic acids is 2. The van der Waals surface area contributed by atoms with Gasteiger partial charge in [-0.1, -0.05) is 45.2 Å². The summed E-state index contributed by atoms with van der Waals surface area (Å²) in [5.41, 5.74) is 0.785. The Morgan fingerprint density at radius 3 is 2.34 bits per heavy atom. The van der Waals surface area contributed by atoms with Crippen LogP contribution >= 0.6 is 0 Å². The van der Waals surface area contributed by atoms with E-state index in [-0.39, 0.29) is 18.2 Å². The fourth-order valence-corrected chi connectivity index (χ4v) is 3.31. The summed E-state index contributed by atoms with van der Waals surface area (Å²) in [4.78, 5) is 36.6. The lowest BCUT2D eigenvalue weighted by Gasteiger charge is -2.24. The number of carboxylic acid groups (broad SMARTS) is 1. The number of rotatable bonds is 2. The maximum absolute atomic E-state index is 12.7. The van der Waals surface area contributed by atoms with Crippen molar-refractivity contribution in [3.8, 4) is 5.75 Å². The molecule has 2 aliphatic heterocycles. The highest BCUT2D eigenvalue weighted by Gasteiger charge is 2.28. The van der Waals surface area contributed by atoms with E-state index in [2.05, 4.69) is 10.6 Å². The number of hydrogen-bond donors (Lipinski definition) is 3. The molecule has 7 nitrogen and oxygen atoms in total. The standard InChI is InChI=1S/C22H32N2O5/c1-15(2)20-21(26)23-18(22(27)28)14-16-9-11-17(12-10-16)29-13-7-5-3-4-6-8-19(25)24-20/h9-12,15,18,20H,3-8,13-14H2,1-2H3,(H,23,26)(H,24,25)(H,27,28)/t18-,20-/m0/s1. The lowest BCUT2D eigenvalue weighted by atomic mass is 10.0. The predicted molar refractivity (Wildman–Crippen MR) is 110 cm³/mol. The van der Waals surface area contributed by atoms with E-state index in [0.29, 0.717) is 13.0 Å². The molecular formula is C22H32N2O5. The lowest BCUT2D eigenvalue weighted by Crippen LogP contribution is -2.54. The smallest absolute Gasteiger partial charge is 0.326 e. The van der Waals surface area contributed by atoms with Gasteiger partial charge in [0.25, 0.3) is 0 Å². The second kappa shape index (κ2) is 11.4. The normalized spacial score (nSPS) is 22.6. The SMILES string of the molecule is CC(C)[C@@H]1NC(=O)CCCCCCCOc2ccc(cc2)C[C@@H](C(=O)O)NC1=O.